The molecule has 0 bridgehead atoms. The minimum atomic E-state index is -0.233. The molecule has 0 fully saturated rings. The van der Waals surface area contributed by atoms with Crippen molar-refractivity contribution in [2.24, 2.45) is 7.05 Å². The molecule has 1 aromatic carbocycles. The number of aryl methyl sites for hydroxylation is 1. The molecule has 106 valence electrons. The van der Waals surface area contributed by atoms with Crippen molar-refractivity contribution in [2.75, 3.05) is 5.32 Å². The Bertz CT molecular complexity index is 796. The van der Waals surface area contributed by atoms with Gasteiger partial charge in [-0.05, 0) is 6.07 Å². The summed E-state index contributed by atoms with van der Waals surface area (Å²) in [5.41, 5.74) is 2.08. The number of anilines is 1. The molecule has 7 heteroatoms. The Kier molecular flexibility index (Phi) is 3.72. The Labute approximate surface area is 130 Å². The minimum Gasteiger partial charge on any atom is -0.298 e. The second-order valence-electron chi connectivity index (χ2n) is 4.37. The van der Waals surface area contributed by atoms with Crippen molar-refractivity contribution >= 4 is 34.0 Å². The summed E-state index contributed by atoms with van der Waals surface area (Å²) in [6.07, 6.45) is 3.16. The van der Waals surface area contributed by atoms with Gasteiger partial charge in [0.15, 0.2) is 5.13 Å². The lowest BCUT2D eigenvalue weighted by atomic mass is 10.2. The van der Waals surface area contributed by atoms with E-state index in [1.807, 2.05) is 29.6 Å². The van der Waals surface area contributed by atoms with Crippen LogP contribution in [0.5, 0.6) is 0 Å². The first-order valence-corrected chi connectivity index (χ1v) is 7.39. The molecule has 2 aromatic heterocycles. The maximum absolute atomic E-state index is 12.0. The van der Waals surface area contributed by atoms with E-state index in [1.54, 1.807) is 17.9 Å². The standard InChI is InChI=1S/C14H11ClN4OS/c1-19-7-9(6-16-19)13(20)18-14-17-12(8-21-14)10-4-2-3-5-11(10)15/h2-8H,1H3,(H,17,18,20). The molecule has 0 aliphatic carbocycles. The zero-order valence-corrected chi connectivity index (χ0v) is 12.6. The molecule has 5 nitrogen and oxygen atoms in total. The molecule has 2 heterocycles. The Hall–Kier alpha value is -2.18. The summed E-state index contributed by atoms with van der Waals surface area (Å²) in [5, 5.41) is 9.74. The predicted octanol–water partition coefficient (Wildman–Crippen LogP) is 3.45. The van der Waals surface area contributed by atoms with Crippen LogP contribution in [-0.4, -0.2) is 20.7 Å². The zero-order chi connectivity index (χ0) is 14.8. The highest BCUT2D eigenvalue weighted by atomic mass is 35.5. The smallest absolute Gasteiger partial charge is 0.260 e. The number of hydrogen-bond donors (Lipinski definition) is 1. The van der Waals surface area contributed by atoms with Crippen LogP contribution in [0.1, 0.15) is 10.4 Å². The van der Waals surface area contributed by atoms with E-state index in [0.29, 0.717) is 15.7 Å². The SMILES string of the molecule is Cn1cc(C(=O)Nc2nc(-c3ccccc3Cl)cs2)cn1. The van der Waals surface area contributed by atoms with Gasteiger partial charge in [0, 0.05) is 29.2 Å². The zero-order valence-electron chi connectivity index (χ0n) is 11.1. The second kappa shape index (κ2) is 5.67. The molecule has 0 saturated heterocycles. The Morgan fingerprint density at radius 1 is 1.38 bits per heavy atom. The molecule has 0 spiro atoms. The first-order chi connectivity index (χ1) is 10.1. The molecule has 21 heavy (non-hydrogen) atoms. The van der Waals surface area contributed by atoms with Crippen LogP contribution < -0.4 is 5.32 Å². The third-order valence-corrected chi connectivity index (χ3v) is 3.93. The average Bonchev–Trinajstić information content (AvgIpc) is 3.08. The first kappa shape index (κ1) is 13.8. The van der Waals surface area contributed by atoms with Gasteiger partial charge in [-0.3, -0.25) is 14.8 Å². The highest BCUT2D eigenvalue weighted by Gasteiger charge is 2.12. The van der Waals surface area contributed by atoms with E-state index in [9.17, 15) is 4.79 Å². The number of thiazole rings is 1. The number of benzene rings is 1. The quantitative estimate of drug-likeness (QED) is 0.804. The van der Waals surface area contributed by atoms with Crippen LogP contribution in [0.3, 0.4) is 0 Å². The second-order valence-corrected chi connectivity index (χ2v) is 5.64. The highest BCUT2D eigenvalue weighted by Crippen LogP contribution is 2.30. The van der Waals surface area contributed by atoms with Crippen molar-refractivity contribution in [1.29, 1.82) is 0 Å². The molecule has 3 aromatic rings. The van der Waals surface area contributed by atoms with Crippen LogP contribution in [0, 0.1) is 0 Å². The lowest BCUT2D eigenvalue weighted by molar-refractivity contribution is 0.102. The topological polar surface area (TPSA) is 59.8 Å². The van der Waals surface area contributed by atoms with Crippen LogP contribution in [0.25, 0.3) is 11.3 Å². The lowest BCUT2D eigenvalue weighted by Crippen LogP contribution is -2.10. The van der Waals surface area contributed by atoms with Gasteiger partial charge in [0.2, 0.25) is 0 Å². The Morgan fingerprint density at radius 2 is 2.19 bits per heavy atom. The van der Waals surface area contributed by atoms with Crippen LogP contribution in [0.4, 0.5) is 5.13 Å². The highest BCUT2D eigenvalue weighted by molar-refractivity contribution is 7.14. The van der Waals surface area contributed by atoms with E-state index in [2.05, 4.69) is 15.4 Å². The van der Waals surface area contributed by atoms with Crippen molar-refractivity contribution in [3.05, 3.63) is 52.6 Å². The van der Waals surface area contributed by atoms with Crippen molar-refractivity contribution in [3.8, 4) is 11.3 Å². The van der Waals surface area contributed by atoms with Gasteiger partial charge in [-0.25, -0.2) is 4.98 Å². The number of nitrogens with one attached hydrogen (secondary N) is 1. The number of carbonyl (C=O) groups excluding carboxylic acids is 1. The van der Waals surface area contributed by atoms with E-state index in [0.717, 1.165) is 11.3 Å². The molecule has 0 atom stereocenters. The van der Waals surface area contributed by atoms with E-state index < -0.39 is 0 Å². The number of amides is 1. The third kappa shape index (κ3) is 2.96. The lowest BCUT2D eigenvalue weighted by Gasteiger charge is -2.00. The predicted molar refractivity (Wildman–Crippen MR) is 83.7 cm³/mol. The molecule has 3 rings (SSSR count). The van der Waals surface area contributed by atoms with Gasteiger partial charge in [0.05, 0.1) is 17.5 Å². The number of nitrogens with zero attached hydrogens (tertiary/aromatic N) is 3. The Morgan fingerprint density at radius 3 is 2.90 bits per heavy atom. The molecule has 0 aliphatic rings. The van der Waals surface area contributed by atoms with Gasteiger partial charge in [-0.15, -0.1) is 11.3 Å². The fourth-order valence-corrected chi connectivity index (χ4v) is 2.77. The minimum absolute atomic E-state index is 0.233. The van der Waals surface area contributed by atoms with E-state index in [-0.39, 0.29) is 5.91 Å². The average molecular weight is 319 g/mol. The molecule has 1 N–H and O–H groups in total. The van der Waals surface area contributed by atoms with E-state index >= 15 is 0 Å². The van der Waals surface area contributed by atoms with Crippen LogP contribution in [-0.2, 0) is 7.05 Å². The van der Waals surface area contributed by atoms with E-state index in [4.69, 9.17) is 11.6 Å². The number of carbonyl (C=O) groups is 1. The van der Waals surface area contributed by atoms with Gasteiger partial charge < -0.3 is 0 Å². The summed E-state index contributed by atoms with van der Waals surface area (Å²) in [4.78, 5) is 16.4. The molecular weight excluding hydrogens is 308 g/mol. The summed E-state index contributed by atoms with van der Waals surface area (Å²) in [7, 11) is 1.76. The van der Waals surface area contributed by atoms with Gasteiger partial charge in [-0.2, -0.15) is 5.10 Å². The first-order valence-electron chi connectivity index (χ1n) is 6.14. The molecule has 0 radical (unpaired) electrons. The number of hydrogen-bond acceptors (Lipinski definition) is 4. The maximum Gasteiger partial charge on any atom is 0.260 e. The summed E-state index contributed by atoms with van der Waals surface area (Å²) in [5.74, 6) is -0.233. The van der Waals surface area contributed by atoms with Crippen molar-refractivity contribution in [1.82, 2.24) is 14.8 Å². The fraction of sp³-hybridized carbons (Fsp3) is 0.0714. The monoisotopic (exact) mass is 318 g/mol. The van der Waals surface area contributed by atoms with Gasteiger partial charge in [0.25, 0.3) is 5.91 Å². The summed E-state index contributed by atoms with van der Waals surface area (Å²) < 4.78 is 1.58. The molecule has 0 saturated carbocycles. The molecular formula is C14H11ClN4OS. The fourth-order valence-electron chi connectivity index (χ4n) is 1.83. The van der Waals surface area contributed by atoms with Gasteiger partial charge in [-0.1, -0.05) is 29.8 Å². The normalized spacial score (nSPS) is 10.6. The largest absolute Gasteiger partial charge is 0.298 e. The van der Waals surface area contributed by atoms with Crippen LogP contribution >= 0.6 is 22.9 Å². The van der Waals surface area contributed by atoms with Gasteiger partial charge >= 0.3 is 0 Å². The van der Waals surface area contributed by atoms with Gasteiger partial charge in [0.1, 0.15) is 0 Å². The van der Waals surface area contributed by atoms with Crippen molar-refractivity contribution < 1.29 is 4.79 Å². The third-order valence-electron chi connectivity index (χ3n) is 2.84. The summed E-state index contributed by atoms with van der Waals surface area (Å²) >= 11 is 7.49. The summed E-state index contributed by atoms with van der Waals surface area (Å²) in [6.45, 7) is 0. The number of rotatable bonds is 3. The van der Waals surface area contributed by atoms with Crippen LogP contribution in [0.2, 0.25) is 5.02 Å². The van der Waals surface area contributed by atoms with E-state index in [1.165, 1.54) is 17.5 Å². The molecule has 1 amide bonds. The Balaban J connectivity index is 1.80. The van der Waals surface area contributed by atoms with Crippen molar-refractivity contribution in [2.45, 2.75) is 0 Å². The number of aromatic nitrogens is 3. The summed E-state index contributed by atoms with van der Waals surface area (Å²) in [6, 6.07) is 7.46. The molecule has 0 unspecified atom stereocenters. The van der Waals surface area contributed by atoms with Crippen LogP contribution in [0.15, 0.2) is 42.0 Å². The molecule has 0 aliphatic heterocycles. The number of halogens is 1. The van der Waals surface area contributed by atoms with Crippen molar-refractivity contribution in [3.63, 3.8) is 0 Å². The maximum atomic E-state index is 12.0.